The number of hydrogen-bond donors (Lipinski definition) is 4. The summed E-state index contributed by atoms with van der Waals surface area (Å²) >= 11 is 0. The Morgan fingerprint density at radius 2 is 1.65 bits per heavy atom. The second kappa shape index (κ2) is 21.9. The molecule has 2 aromatic rings. The van der Waals surface area contributed by atoms with Crippen LogP contribution in [0.25, 0.3) is 16.7 Å². The smallest absolute Gasteiger partial charge is 0.475 e. The molecular weight excluding hydrogens is 673 g/mol. The number of ether oxygens (including phenoxy) is 2. The molecule has 4 rings (SSSR count). The van der Waals surface area contributed by atoms with Crippen LogP contribution in [0.15, 0.2) is 30.4 Å². The molecule has 51 heavy (non-hydrogen) atoms. The SMILES string of the molecule is CCCCCCCCCCCCCCCCOCCCOP1(=O)OC[C@H]2O[C@@H](n3cc(/C(N)=C\O)c4c(NCC=C(C)C)ncnc43)[C@H](O)[C@@H]2O1. The average Bonchev–Trinajstić information content (AvgIpc) is 3.66. The van der Waals surface area contributed by atoms with Crippen LogP contribution in [-0.2, 0) is 27.6 Å². The number of phosphoric ester groups is 1. The van der Waals surface area contributed by atoms with Gasteiger partial charge in [0.25, 0.3) is 0 Å². The number of hydrogen-bond acceptors (Lipinski definition) is 12. The number of rotatable bonds is 25. The van der Waals surface area contributed by atoms with Crippen LogP contribution in [0.3, 0.4) is 0 Å². The molecule has 0 amide bonds. The number of phosphoric acid groups is 1. The number of aromatic nitrogens is 3. The van der Waals surface area contributed by atoms with Crippen molar-refractivity contribution < 1.29 is 37.8 Å². The lowest BCUT2D eigenvalue weighted by atomic mass is 10.0. The summed E-state index contributed by atoms with van der Waals surface area (Å²) in [5.74, 6) is 0.502. The maximum Gasteiger partial charge on any atom is 0.475 e. The molecule has 0 saturated carbocycles. The first-order valence-electron chi connectivity index (χ1n) is 19.1. The van der Waals surface area contributed by atoms with E-state index in [1.807, 2.05) is 19.9 Å². The summed E-state index contributed by atoms with van der Waals surface area (Å²) in [7, 11) is -3.93. The van der Waals surface area contributed by atoms with Crippen LogP contribution in [0, 0.1) is 0 Å². The zero-order valence-electron chi connectivity index (χ0n) is 31.0. The minimum Gasteiger partial charge on any atom is -0.513 e. The summed E-state index contributed by atoms with van der Waals surface area (Å²) in [6.45, 7) is 8.01. The fourth-order valence-corrected chi connectivity index (χ4v) is 7.95. The molecule has 2 aliphatic rings. The number of aliphatic hydroxyl groups excluding tert-OH is 2. The standard InChI is InChI=1S/C37H62N5O8P/c1-4-5-6-7-8-9-10-11-12-13-14-15-16-17-21-46-22-18-23-47-51(45)48-26-31-34(50-51)33(44)37(49-31)42-24-29(30(38)25-43)32-35(39-20-19-28(2)3)40-27-41-36(32)42/h19,24-25,27,31,33-34,37,43-44H,4-18,20-23,26,38H2,1-3H3,(H,39,40,41)/b30-25+/t31-,33-,34-,37-,51?/m1/s1. The van der Waals surface area contributed by atoms with Gasteiger partial charge >= 0.3 is 7.82 Å². The Kier molecular flexibility index (Phi) is 17.7. The van der Waals surface area contributed by atoms with E-state index in [1.165, 1.54) is 89.8 Å². The lowest BCUT2D eigenvalue weighted by Gasteiger charge is -2.30. The van der Waals surface area contributed by atoms with Gasteiger partial charge in [-0.1, -0.05) is 102 Å². The van der Waals surface area contributed by atoms with Gasteiger partial charge in [0.05, 0.1) is 24.3 Å². The normalized spacial score (nSPS) is 23.5. The minimum atomic E-state index is -3.93. The van der Waals surface area contributed by atoms with Crippen molar-refractivity contribution in [3.05, 3.63) is 36.0 Å². The Morgan fingerprint density at radius 1 is 1.00 bits per heavy atom. The number of aliphatic hydroxyl groups is 2. The number of nitrogens with two attached hydrogens (primary N) is 1. The zero-order chi connectivity index (χ0) is 36.5. The van der Waals surface area contributed by atoms with Crippen LogP contribution in [0.1, 0.15) is 129 Å². The van der Waals surface area contributed by atoms with Crippen LogP contribution in [-0.4, -0.2) is 76.0 Å². The third-order valence-corrected chi connectivity index (χ3v) is 10.9. The fourth-order valence-electron chi connectivity index (χ4n) is 6.52. The van der Waals surface area contributed by atoms with E-state index in [4.69, 9.17) is 28.8 Å². The van der Waals surface area contributed by atoms with Crippen molar-refractivity contribution in [2.75, 3.05) is 38.3 Å². The third-order valence-electron chi connectivity index (χ3n) is 9.40. The minimum absolute atomic E-state index is 0.0830. The predicted octanol–water partition coefficient (Wildman–Crippen LogP) is 8.31. The van der Waals surface area contributed by atoms with Crippen molar-refractivity contribution in [1.29, 1.82) is 0 Å². The van der Waals surface area contributed by atoms with Gasteiger partial charge in [0.2, 0.25) is 0 Å². The number of anilines is 1. The molecule has 5 N–H and O–H groups in total. The highest BCUT2D eigenvalue weighted by atomic mass is 31.2. The summed E-state index contributed by atoms with van der Waals surface area (Å²) in [4.78, 5) is 8.82. The molecule has 2 aliphatic heterocycles. The van der Waals surface area contributed by atoms with E-state index >= 15 is 0 Å². The highest BCUT2D eigenvalue weighted by Gasteiger charge is 2.53. The van der Waals surface area contributed by atoms with E-state index in [-0.39, 0.29) is 18.9 Å². The third kappa shape index (κ3) is 12.6. The second-order valence-corrected chi connectivity index (χ2v) is 15.5. The van der Waals surface area contributed by atoms with E-state index in [0.717, 1.165) is 18.3 Å². The Hall–Kier alpha value is -2.51. The monoisotopic (exact) mass is 735 g/mol. The molecule has 2 saturated heterocycles. The van der Waals surface area contributed by atoms with Crippen molar-refractivity contribution in [3.63, 3.8) is 0 Å². The molecule has 0 spiro atoms. The number of fused-ring (bicyclic) bond motifs is 2. The molecule has 2 aromatic heterocycles. The fraction of sp³-hybridized carbons (Fsp3) is 0.730. The van der Waals surface area contributed by atoms with Gasteiger partial charge in [-0.05, 0) is 26.7 Å². The molecule has 0 radical (unpaired) electrons. The Labute approximate surface area is 303 Å². The van der Waals surface area contributed by atoms with Gasteiger partial charge in [0, 0.05) is 31.5 Å². The molecule has 4 heterocycles. The Morgan fingerprint density at radius 3 is 2.29 bits per heavy atom. The van der Waals surface area contributed by atoms with Crippen LogP contribution >= 0.6 is 7.82 Å². The van der Waals surface area contributed by atoms with Crippen molar-refractivity contribution in [1.82, 2.24) is 14.5 Å². The van der Waals surface area contributed by atoms with Gasteiger partial charge in [-0.15, -0.1) is 0 Å². The summed E-state index contributed by atoms with van der Waals surface area (Å²) < 4.78 is 43.6. The highest BCUT2D eigenvalue weighted by molar-refractivity contribution is 7.48. The highest BCUT2D eigenvalue weighted by Crippen LogP contribution is 2.57. The van der Waals surface area contributed by atoms with Crippen LogP contribution in [0.4, 0.5) is 5.82 Å². The zero-order valence-corrected chi connectivity index (χ0v) is 31.9. The summed E-state index contributed by atoms with van der Waals surface area (Å²) in [5.41, 5.74) is 8.24. The lowest BCUT2D eigenvalue weighted by molar-refractivity contribution is -0.0709. The number of nitrogens with zero attached hydrogens (tertiary/aromatic N) is 3. The molecule has 14 heteroatoms. The van der Waals surface area contributed by atoms with Crippen molar-refractivity contribution in [2.45, 2.75) is 142 Å². The van der Waals surface area contributed by atoms with Crippen LogP contribution in [0.5, 0.6) is 0 Å². The van der Waals surface area contributed by atoms with Gasteiger partial charge in [0.1, 0.15) is 42.4 Å². The van der Waals surface area contributed by atoms with Crippen LogP contribution in [0.2, 0.25) is 0 Å². The number of unbranched alkanes of at least 4 members (excludes halogenated alkanes) is 13. The molecule has 0 aliphatic carbocycles. The van der Waals surface area contributed by atoms with Crippen molar-refractivity contribution >= 4 is 30.4 Å². The molecule has 0 aromatic carbocycles. The van der Waals surface area contributed by atoms with Gasteiger partial charge in [-0.2, -0.15) is 0 Å². The molecule has 288 valence electrons. The van der Waals surface area contributed by atoms with Gasteiger partial charge in [0.15, 0.2) is 6.23 Å². The Balaban J connectivity index is 1.15. The van der Waals surface area contributed by atoms with E-state index in [1.54, 1.807) is 10.8 Å². The van der Waals surface area contributed by atoms with E-state index in [2.05, 4.69) is 22.2 Å². The summed E-state index contributed by atoms with van der Waals surface area (Å²) in [6, 6.07) is 0. The largest absolute Gasteiger partial charge is 0.513 e. The first kappa shape index (κ1) is 41.2. The molecular formula is C37H62N5O8P. The van der Waals surface area contributed by atoms with Gasteiger partial charge in [-0.25, -0.2) is 14.5 Å². The number of nitrogens with one attached hydrogen (secondary N) is 1. The first-order chi connectivity index (χ1) is 24.8. The van der Waals surface area contributed by atoms with Crippen molar-refractivity contribution in [2.24, 2.45) is 5.73 Å². The van der Waals surface area contributed by atoms with Gasteiger partial charge < -0.3 is 35.3 Å². The Bertz CT molecular complexity index is 1430. The van der Waals surface area contributed by atoms with E-state index < -0.39 is 32.4 Å². The topological polar surface area (TPSA) is 172 Å². The second-order valence-electron chi connectivity index (χ2n) is 13.9. The number of allylic oxidation sites excluding steroid dienone is 1. The molecule has 5 atom stereocenters. The summed E-state index contributed by atoms with van der Waals surface area (Å²) in [6.07, 6.45) is 21.0. The van der Waals surface area contributed by atoms with Crippen molar-refractivity contribution in [3.8, 4) is 0 Å². The van der Waals surface area contributed by atoms with E-state index in [0.29, 0.717) is 48.6 Å². The molecule has 13 nitrogen and oxygen atoms in total. The summed E-state index contributed by atoms with van der Waals surface area (Å²) in [5, 5.41) is 24.9. The van der Waals surface area contributed by atoms with E-state index in [9.17, 15) is 14.8 Å². The predicted molar refractivity (Wildman–Crippen MR) is 200 cm³/mol. The molecule has 1 unspecified atom stereocenters. The first-order valence-corrected chi connectivity index (χ1v) is 20.6. The maximum atomic E-state index is 13.3. The quantitative estimate of drug-likeness (QED) is 0.0333. The van der Waals surface area contributed by atoms with Gasteiger partial charge in [-0.3, -0.25) is 13.6 Å². The molecule has 2 fully saturated rings. The van der Waals surface area contributed by atoms with Crippen LogP contribution < -0.4 is 11.1 Å². The lowest BCUT2D eigenvalue weighted by Crippen LogP contribution is -2.39. The average molecular weight is 736 g/mol. The maximum absolute atomic E-state index is 13.3. The molecule has 0 bridgehead atoms.